The molecule has 0 saturated heterocycles. The van der Waals surface area contributed by atoms with E-state index in [4.69, 9.17) is 4.74 Å². The second kappa shape index (κ2) is 8.97. The van der Waals surface area contributed by atoms with Crippen LogP contribution in [-0.4, -0.2) is 31.6 Å². The van der Waals surface area contributed by atoms with Crippen molar-refractivity contribution in [1.82, 2.24) is 5.32 Å². The van der Waals surface area contributed by atoms with Gasteiger partial charge in [0.2, 0.25) is 0 Å². The zero-order chi connectivity index (χ0) is 12.5. The van der Waals surface area contributed by atoms with Crippen molar-refractivity contribution in [3.05, 3.63) is 28.7 Å². The van der Waals surface area contributed by atoms with Gasteiger partial charge in [-0.05, 0) is 41.5 Å². The monoisotopic (exact) mass is 317 g/mol. The molecule has 2 nitrogen and oxygen atoms in total. The van der Waals surface area contributed by atoms with Crippen LogP contribution in [0.25, 0.3) is 0 Å². The van der Waals surface area contributed by atoms with Gasteiger partial charge >= 0.3 is 0 Å². The van der Waals surface area contributed by atoms with Gasteiger partial charge in [0.15, 0.2) is 0 Å². The number of thioether (sulfide) groups is 1. The lowest BCUT2D eigenvalue weighted by Gasteiger charge is -2.17. The summed E-state index contributed by atoms with van der Waals surface area (Å²) in [6.45, 7) is 6.70. The molecule has 0 spiro atoms. The van der Waals surface area contributed by atoms with Crippen LogP contribution in [0.15, 0.2) is 33.6 Å². The lowest BCUT2D eigenvalue weighted by molar-refractivity contribution is 0.129. The van der Waals surface area contributed by atoms with Crippen LogP contribution in [0.4, 0.5) is 0 Å². The van der Waals surface area contributed by atoms with Crippen molar-refractivity contribution in [2.45, 2.75) is 24.8 Å². The second-order valence-electron chi connectivity index (χ2n) is 3.66. The van der Waals surface area contributed by atoms with E-state index in [-0.39, 0.29) is 0 Å². The minimum atomic E-state index is 0.414. The molecule has 1 aromatic carbocycles. The molecule has 0 saturated carbocycles. The van der Waals surface area contributed by atoms with Gasteiger partial charge in [-0.25, -0.2) is 0 Å². The summed E-state index contributed by atoms with van der Waals surface area (Å²) in [4.78, 5) is 1.28. The number of hydrogen-bond acceptors (Lipinski definition) is 3. The van der Waals surface area contributed by atoms with Crippen LogP contribution in [0.1, 0.15) is 13.8 Å². The van der Waals surface area contributed by atoms with Gasteiger partial charge in [-0.2, -0.15) is 0 Å². The van der Waals surface area contributed by atoms with Crippen molar-refractivity contribution in [3.8, 4) is 0 Å². The zero-order valence-electron chi connectivity index (χ0n) is 10.4. The fourth-order valence-electron chi connectivity index (χ4n) is 1.47. The number of benzene rings is 1. The summed E-state index contributed by atoms with van der Waals surface area (Å²) in [6.07, 6.45) is 0. The Labute approximate surface area is 117 Å². The molecule has 17 heavy (non-hydrogen) atoms. The first-order chi connectivity index (χ1) is 8.27. The van der Waals surface area contributed by atoms with Crippen molar-refractivity contribution >= 4 is 27.7 Å². The molecule has 0 radical (unpaired) electrons. The van der Waals surface area contributed by atoms with Crippen molar-refractivity contribution < 1.29 is 4.74 Å². The van der Waals surface area contributed by atoms with Gasteiger partial charge in [0.25, 0.3) is 0 Å². The maximum atomic E-state index is 5.48. The molecule has 0 aromatic heterocycles. The average Bonchev–Trinajstić information content (AvgIpc) is 2.34. The van der Waals surface area contributed by atoms with E-state index in [1.165, 1.54) is 4.90 Å². The Kier molecular flexibility index (Phi) is 7.93. The Balaban J connectivity index is 2.42. The van der Waals surface area contributed by atoms with Crippen molar-refractivity contribution in [1.29, 1.82) is 0 Å². The van der Waals surface area contributed by atoms with Crippen LogP contribution in [0.2, 0.25) is 0 Å². The predicted molar refractivity (Wildman–Crippen MR) is 78.8 cm³/mol. The van der Waals surface area contributed by atoms with E-state index in [2.05, 4.69) is 46.4 Å². The summed E-state index contributed by atoms with van der Waals surface area (Å²) in [5.41, 5.74) is 0. The van der Waals surface area contributed by atoms with Gasteiger partial charge in [0.05, 0.1) is 6.61 Å². The zero-order valence-corrected chi connectivity index (χ0v) is 12.8. The normalized spacial score (nSPS) is 12.6. The summed E-state index contributed by atoms with van der Waals surface area (Å²) < 4.78 is 6.64. The van der Waals surface area contributed by atoms with Crippen LogP contribution in [0.5, 0.6) is 0 Å². The molecule has 0 aliphatic heterocycles. The molecule has 1 unspecified atom stereocenters. The molecule has 0 amide bonds. The highest BCUT2D eigenvalue weighted by Gasteiger charge is 2.09. The van der Waals surface area contributed by atoms with Crippen molar-refractivity contribution in [3.63, 3.8) is 0 Å². The van der Waals surface area contributed by atoms with E-state index in [1.807, 2.05) is 24.8 Å². The molecule has 1 aromatic rings. The van der Waals surface area contributed by atoms with Crippen molar-refractivity contribution in [2.75, 3.05) is 25.5 Å². The molecule has 1 N–H and O–H groups in total. The van der Waals surface area contributed by atoms with E-state index in [9.17, 15) is 0 Å². The summed E-state index contributed by atoms with van der Waals surface area (Å²) in [6, 6.07) is 8.73. The number of nitrogens with one attached hydrogen (secondary N) is 1. The minimum Gasteiger partial charge on any atom is -0.380 e. The summed E-state index contributed by atoms with van der Waals surface area (Å²) in [7, 11) is 0. The first-order valence-electron chi connectivity index (χ1n) is 5.96. The molecule has 96 valence electrons. The molecule has 0 aliphatic carbocycles. The first-order valence-corrected chi connectivity index (χ1v) is 7.74. The van der Waals surface area contributed by atoms with E-state index < -0.39 is 0 Å². The van der Waals surface area contributed by atoms with E-state index in [1.54, 1.807) is 0 Å². The summed E-state index contributed by atoms with van der Waals surface area (Å²) in [5.74, 6) is 1.02. The molecule has 4 heteroatoms. The van der Waals surface area contributed by atoms with Crippen LogP contribution < -0.4 is 5.32 Å². The first kappa shape index (κ1) is 15.0. The predicted octanol–water partition coefficient (Wildman–Crippen LogP) is 3.56. The van der Waals surface area contributed by atoms with Crippen LogP contribution in [0.3, 0.4) is 0 Å². The highest BCUT2D eigenvalue weighted by Crippen LogP contribution is 2.27. The number of halogens is 1. The Morgan fingerprint density at radius 1 is 1.35 bits per heavy atom. The molecule has 0 fully saturated rings. The Hall–Kier alpha value is -0.0300. The lowest BCUT2D eigenvalue weighted by Crippen LogP contribution is -2.35. The number of hydrogen-bond donors (Lipinski definition) is 1. The molecular formula is C13H20BrNOS. The number of ether oxygens (including phenoxy) is 1. The summed E-state index contributed by atoms with van der Waals surface area (Å²) >= 11 is 5.42. The van der Waals surface area contributed by atoms with E-state index in [0.717, 1.165) is 30.0 Å². The topological polar surface area (TPSA) is 21.3 Å². The van der Waals surface area contributed by atoms with Gasteiger partial charge < -0.3 is 10.1 Å². The molecule has 0 aliphatic rings. The maximum absolute atomic E-state index is 5.48. The van der Waals surface area contributed by atoms with Gasteiger partial charge in [0, 0.05) is 27.8 Å². The Morgan fingerprint density at radius 3 is 2.76 bits per heavy atom. The van der Waals surface area contributed by atoms with Gasteiger partial charge in [-0.15, -0.1) is 11.8 Å². The number of likely N-dealkylation sites (N-methyl/N-ethyl adjacent to an activating group) is 1. The fourth-order valence-corrected chi connectivity index (χ4v) is 3.07. The molecular weight excluding hydrogens is 298 g/mol. The highest BCUT2D eigenvalue weighted by molar-refractivity contribution is 9.10. The third kappa shape index (κ3) is 5.91. The number of rotatable bonds is 8. The van der Waals surface area contributed by atoms with Gasteiger partial charge in [-0.1, -0.05) is 19.1 Å². The highest BCUT2D eigenvalue weighted by atomic mass is 79.9. The maximum Gasteiger partial charge on any atom is 0.0627 e. The van der Waals surface area contributed by atoms with Crippen molar-refractivity contribution in [2.24, 2.45) is 0 Å². The van der Waals surface area contributed by atoms with Crippen LogP contribution >= 0.6 is 27.7 Å². The Bertz CT molecular complexity index is 322. The third-order valence-electron chi connectivity index (χ3n) is 2.29. The smallest absolute Gasteiger partial charge is 0.0627 e. The second-order valence-corrected chi connectivity index (χ2v) is 5.57. The lowest BCUT2D eigenvalue weighted by atomic mass is 10.3. The average molecular weight is 318 g/mol. The van der Waals surface area contributed by atoms with E-state index >= 15 is 0 Å². The third-order valence-corrected chi connectivity index (χ3v) is 4.48. The quantitative estimate of drug-likeness (QED) is 0.741. The minimum absolute atomic E-state index is 0.414. The van der Waals surface area contributed by atoms with Gasteiger partial charge in [-0.3, -0.25) is 0 Å². The fraction of sp³-hybridized carbons (Fsp3) is 0.538. The SMILES string of the molecule is CCNC(COCC)CSc1ccccc1Br. The summed E-state index contributed by atoms with van der Waals surface area (Å²) in [5, 5.41) is 3.45. The van der Waals surface area contributed by atoms with Crippen LogP contribution in [0, 0.1) is 0 Å². The largest absolute Gasteiger partial charge is 0.380 e. The van der Waals surface area contributed by atoms with Gasteiger partial charge in [0.1, 0.15) is 0 Å². The molecule has 1 rings (SSSR count). The van der Waals surface area contributed by atoms with E-state index in [0.29, 0.717) is 6.04 Å². The molecule has 0 bridgehead atoms. The molecule has 0 heterocycles. The van der Waals surface area contributed by atoms with Crippen LogP contribution in [-0.2, 0) is 4.74 Å². The standard InChI is InChI=1S/C13H20BrNOS/c1-3-15-11(9-16-4-2)10-17-13-8-6-5-7-12(13)14/h5-8,11,15H,3-4,9-10H2,1-2H3. The molecule has 1 atom stereocenters. The Morgan fingerprint density at radius 2 is 2.12 bits per heavy atom.